The molecule has 3 rings (SSSR count). The number of aromatic nitrogens is 2. The van der Waals surface area contributed by atoms with Gasteiger partial charge < -0.3 is 4.42 Å². The quantitative estimate of drug-likeness (QED) is 0.477. The lowest BCUT2D eigenvalue weighted by atomic mass is 10.1. The minimum atomic E-state index is -0.412. The minimum Gasteiger partial charge on any atom is -0.411 e. The van der Waals surface area contributed by atoms with Crippen molar-refractivity contribution in [1.82, 2.24) is 10.2 Å². The van der Waals surface area contributed by atoms with Gasteiger partial charge in [-0.05, 0) is 43.3 Å². The van der Waals surface area contributed by atoms with Crippen LogP contribution in [0, 0.1) is 5.82 Å². The van der Waals surface area contributed by atoms with Gasteiger partial charge in [0.1, 0.15) is 5.82 Å². The lowest BCUT2D eigenvalue weighted by molar-refractivity contribution is 0.0993. The van der Waals surface area contributed by atoms with Crippen LogP contribution in [-0.2, 0) is 0 Å². The monoisotopic (exact) mass is 362 g/mol. The largest absolute Gasteiger partial charge is 0.411 e. The maximum Gasteiger partial charge on any atom is 0.277 e. The molecule has 24 heavy (non-hydrogen) atoms. The number of nitrogens with zero attached hydrogens (tertiary/aromatic N) is 2. The lowest BCUT2D eigenvalue weighted by Crippen LogP contribution is -2.13. The topological polar surface area (TPSA) is 56.0 Å². The van der Waals surface area contributed by atoms with E-state index in [1.54, 1.807) is 43.3 Å². The molecule has 0 bridgehead atoms. The third-order valence-corrected chi connectivity index (χ3v) is 4.42. The van der Waals surface area contributed by atoms with Crippen molar-refractivity contribution in [1.29, 1.82) is 0 Å². The molecule has 0 N–H and O–H groups in total. The van der Waals surface area contributed by atoms with Crippen molar-refractivity contribution >= 4 is 29.1 Å². The molecule has 0 aliphatic heterocycles. The van der Waals surface area contributed by atoms with Crippen LogP contribution in [0.2, 0.25) is 5.02 Å². The van der Waals surface area contributed by atoms with E-state index >= 15 is 0 Å². The highest BCUT2D eigenvalue weighted by Gasteiger charge is 2.20. The van der Waals surface area contributed by atoms with E-state index in [1.165, 1.54) is 12.1 Å². The molecule has 0 unspecified atom stereocenters. The van der Waals surface area contributed by atoms with Gasteiger partial charge in [0.05, 0.1) is 5.25 Å². The first-order valence-electron chi connectivity index (χ1n) is 7.09. The van der Waals surface area contributed by atoms with Crippen molar-refractivity contribution in [3.63, 3.8) is 0 Å². The van der Waals surface area contributed by atoms with E-state index in [1.807, 2.05) is 0 Å². The molecule has 0 fully saturated rings. The van der Waals surface area contributed by atoms with Crippen molar-refractivity contribution in [2.75, 3.05) is 0 Å². The Balaban J connectivity index is 1.72. The number of rotatable bonds is 5. The second kappa shape index (κ2) is 7.15. The molecule has 0 aliphatic carbocycles. The number of carbonyl (C=O) groups is 1. The predicted molar refractivity (Wildman–Crippen MR) is 90.8 cm³/mol. The van der Waals surface area contributed by atoms with Crippen molar-refractivity contribution in [2.24, 2.45) is 0 Å². The van der Waals surface area contributed by atoms with E-state index in [4.69, 9.17) is 16.0 Å². The Morgan fingerprint density at radius 2 is 1.96 bits per heavy atom. The van der Waals surface area contributed by atoms with E-state index in [0.29, 0.717) is 16.1 Å². The maximum atomic E-state index is 12.9. The van der Waals surface area contributed by atoms with Crippen LogP contribution in [-0.4, -0.2) is 21.2 Å². The molecule has 0 radical (unpaired) electrons. The average Bonchev–Trinajstić information content (AvgIpc) is 3.03. The first-order chi connectivity index (χ1) is 11.5. The molecule has 1 aromatic heterocycles. The van der Waals surface area contributed by atoms with E-state index in [2.05, 4.69) is 10.2 Å². The molecule has 0 amide bonds. The van der Waals surface area contributed by atoms with Gasteiger partial charge in [0, 0.05) is 16.1 Å². The van der Waals surface area contributed by atoms with Crippen molar-refractivity contribution in [3.05, 3.63) is 64.9 Å². The summed E-state index contributed by atoms with van der Waals surface area (Å²) in [5.41, 5.74) is 1.14. The van der Waals surface area contributed by atoms with Crippen LogP contribution >= 0.6 is 23.4 Å². The van der Waals surface area contributed by atoms with Crippen LogP contribution < -0.4 is 0 Å². The second-order valence-electron chi connectivity index (χ2n) is 5.01. The van der Waals surface area contributed by atoms with Crippen LogP contribution in [0.4, 0.5) is 4.39 Å². The highest BCUT2D eigenvalue weighted by Crippen LogP contribution is 2.28. The van der Waals surface area contributed by atoms with Gasteiger partial charge in [-0.15, -0.1) is 10.2 Å². The molecule has 3 aromatic rings. The summed E-state index contributed by atoms with van der Waals surface area (Å²) in [7, 11) is 0. The first-order valence-corrected chi connectivity index (χ1v) is 8.34. The number of thioether (sulfide) groups is 1. The molecule has 0 spiro atoms. The molecule has 1 atom stereocenters. The summed E-state index contributed by atoms with van der Waals surface area (Å²) in [5.74, 6) is -0.141. The molecule has 1 heterocycles. The van der Waals surface area contributed by atoms with Crippen molar-refractivity contribution in [2.45, 2.75) is 17.4 Å². The number of hydrogen-bond acceptors (Lipinski definition) is 5. The van der Waals surface area contributed by atoms with Crippen LogP contribution in [0.25, 0.3) is 11.5 Å². The Hall–Kier alpha value is -2.18. The molecule has 0 saturated carbocycles. The Labute approximate surface area is 147 Å². The van der Waals surface area contributed by atoms with Gasteiger partial charge in [-0.2, -0.15) is 0 Å². The van der Waals surface area contributed by atoms with Crippen molar-refractivity contribution in [3.8, 4) is 11.5 Å². The van der Waals surface area contributed by atoms with E-state index in [0.717, 1.165) is 11.8 Å². The smallest absolute Gasteiger partial charge is 0.277 e. The number of carbonyl (C=O) groups excluding carboxylic acids is 1. The summed E-state index contributed by atoms with van der Waals surface area (Å²) >= 11 is 7.07. The molecular weight excluding hydrogens is 351 g/mol. The van der Waals surface area contributed by atoms with Gasteiger partial charge in [-0.25, -0.2) is 4.39 Å². The number of benzene rings is 2. The SMILES string of the molecule is C[C@H](Sc1nnc(-c2ccc(F)cc2)o1)C(=O)c1cccc(Cl)c1. The summed E-state index contributed by atoms with van der Waals surface area (Å²) in [6.07, 6.45) is 0. The second-order valence-corrected chi connectivity index (χ2v) is 6.74. The van der Waals surface area contributed by atoms with E-state index < -0.39 is 5.25 Å². The van der Waals surface area contributed by atoms with Gasteiger partial charge in [0.25, 0.3) is 5.22 Å². The third-order valence-electron chi connectivity index (χ3n) is 3.25. The third kappa shape index (κ3) is 3.83. The number of halogens is 2. The zero-order chi connectivity index (χ0) is 17.1. The first kappa shape index (κ1) is 16.7. The van der Waals surface area contributed by atoms with Gasteiger partial charge in [0.15, 0.2) is 5.78 Å². The maximum absolute atomic E-state index is 12.9. The van der Waals surface area contributed by atoms with E-state index in [-0.39, 0.29) is 22.7 Å². The van der Waals surface area contributed by atoms with Crippen LogP contribution in [0.3, 0.4) is 0 Å². The average molecular weight is 363 g/mol. The summed E-state index contributed by atoms with van der Waals surface area (Å²) in [5, 5.41) is 8.22. The van der Waals surface area contributed by atoms with Gasteiger partial charge in [-0.1, -0.05) is 35.5 Å². The summed E-state index contributed by atoms with van der Waals surface area (Å²) in [6, 6.07) is 12.5. The minimum absolute atomic E-state index is 0.0796. The van der Waals surface area contributed by atoms with Crippen LogP contribution in [0.1, 0.15) is 17.3 Å². The fraction of sp³-hybridized carbons (Fsp3) is 0.118. The number of hydrogen-bond donors (Lipinski definition) is 0. The Bertz CT molecular complexity index is 867. The summed E-state index contributed by atoms with van der Waals surface area (Å²) < 4.78 is 18.5. The molecule has 0 saturated heterocycles. The fourth-order valence-corrected chi connectivity index (χ4v) is 3.00. The lowest BCUT2D eigenvalue weighted by Gasteiger charge is -2.07. The Kier molecular flexibility index (Phi) is 4.97. The zero-order valence-electron chi connectivity index (χ0n) is 12.6. The summed E-state index contributed by atoms with van der Waals surface area (Å²) in [6.45, 7) is 1.76. The standard InChI is InChI=1S/C17H12ClFN2O2S/c1-10(15(22)12-3-2-4-13(18)9-12)24-17-21-20-16(23-17)11-5-7-14(19)8-6-11/h2-10H,1H3/t10-/m0/s1. The summed E-state index contributed by atoms with van der Waals surface area (Å²) in [4.78, 5) is 12.4. The number of Topliss-reactive ketones (excluding diaryl/α,β-unsaturated/α-hetero) is 1. The highest BCUT2D eigenvalue weighted by molar-refractivity contribution is 8.00. The highest BCUT2D eigenvalue weighted by atomic mass is 35.5. The van der Waals surface area contributed by atoms with Gasteiger partial charge >= 0.3 is 0 Å². The Morgan fingerprint density at radius 3 is 2.67 bits per heavy atom. The predicted octanol–water partition coefficient (Wildman–Crippen LogP) is 4.89. The molecule has 7 heteroatoms. The molecule has 2 aromatic carbocycles. The van der Waals surface area contributed by atoms with Crippen molar-refractivity contribution < 1.29 is 13.6 Å². The molecule has 122 valence electrons. The Morgan fingerprint density at radius 1 is 1.21 bits per heavy atom. The molecule has 4 nitrogen and oxygen atoms in total. The normalized spacial score (nSPS) is 12.1. The van der Waals surface area contributed by atoms with Crippen LogP contribution in [0.5, 0.6) is 0 Å². The van der Waals surface area contributed by atoms with Gasteiger partial charge in [0.2, 0.25) is 5.89 Å². The van der Waals surface area contributed by atoms with Crippen LogP contribution in [0.15, 0.2) is 58.2 Å². The number of ketones is 1. The molecule has 0 aliphatic rings. The fourth-order valence-electron chi connectivity index (χ4n) is 2.05. The molecular formula is C17H12ClFN2O2S. The van der Waals surface area contributed by atoms with Gasteiger partial charge in [-0.3, -0.25) is 4.79 Å². The van der Waals surface area contributed by atoms with E-state index in [9.17, 15) is 9.18 Å². The zero-order valence-corrected chi connectivity index (χ0v) is 14.1.